The molecule has 0 amide bonds. The molecule has 3 nitrogen and oxygen atoms in total. The lowest BCUT2D eigenvalue weighted by Gasteiger charge is -2.38. The van der Waals surface area contributed by atoms with E-state index >= 15 is 0 Å². The second-order valence-electron chi connectivity index (χ2n) is 5.77. The van der Waals surface area contributed by atoms with Crippen molar-refractivity contribution in [1.29, 1.82) is 0 Å². The summed E-state index contributed by atoms with van der Waals surface area (Å²) in [5.41, 5.74) is 1.27. The maximum atomic E-state index is 11.1. The molecule has 2 aromatic carbocycles. The molecule has 22 heavy (non-hydrogen) atoms. The normalized spacial score (nSPS) is 25.0. The Morgan fingerprint density at radius 3 is 2.45 bits per heavy atom. The maximum absolute atomic E-state index is 11.1. The molecular formula is C18H20ClNO2. The smallest absolute Gasteiger partial charge is 0.118 e. The van der Waals surface area contributed by atoms with Gasteiger partial charge in [-0.15, -0.1) is 0 Å². The first-order valence-electron chi connectivity index (χ1n) is 7.46. The minimum atomic E-state index is -0.819. The zero-order valence-corrected chi connectivity index (χ0v) is 13.3. The lowest BCUT2D eigenvalue weighted by molar-refractivity contribution is -0.00943. The molecule has 116 valence electrons. The average Bonchev–Trinajstić information content (AvgIpc) is 2.55. The molecule has 1 saturated heterocycles. The molecule has 0 aromatic heterocycles. The maximum Gasteiger partial charge on any atom is 0.118 e. The topological polar surface area (TPSA) is 41.5 Å². The van der Waals surface area contributed by atoms with Gasteiger partial charge < -0.3 is 15.2 Å². The number of methoxy groups -OCH3 is 1. The van der Waals surface area contributed by atoms with Gasteiger partial charge in [-0.2, -0.15) is 0 Å². The molecule has 0 radical (unpaired) electrons. The van der Waals surface area contributed by atoms with Crippen LogP contribution in [0, 0.1) is 0 Å². The third-order valence-corrected chi connectivity index (χ3v) is 4.62. The minimum absolute atomic E-state index is 0.125. The summed E-state index contributed by atoms with van der Waals surface area (Å²) in [5.74, 6) is 0.840. The molecule has 0 saturated carbocycles. The lowest BCUT2D eigenvalue weighted by Crippen LogP contribution is -2.41. The van der Waals surface area contributed by atoms with Crippen molar-refractivity contribution in [3.8, 4) is 5.75 Å². The molecule has 0 spiro atoms. The highest BCUT2D eigenvalue weighted by Gasteiger charge is 2.36. The molecule has 1 heterocycles. The van der Waals surface area contributed by atoms with Gasteiger partial charge in [0.05, 0.1) is 12.7 Å². The molecular weight excluding hydrogens is 298 g/mol. The van der Waals surface area contributed by atoms with Crippen molar-refractivity contribution in [2.75, 3.05) is 13.7 Å². The van der Waals surface area contributed by atoms with Crippen molar-refractivity contribution < 1.29 is 9.84 Å². The summed E-state index contributed by atoms with van der Waals surface area (Å²) in [7, 11) is 1.66. The van der Waals surface area contributed by atoms with Gasteiger partial charge in [-0.3, -0.25) is 0 Å². The van der Waals surface area contributed by atoms with E-state index in [2.05, 4.69) is 5.32 Å². The van der Waals surface area contributed by atoms with Gasteiger partial charge in [-0.25, -0.2) is 0 Å². The van der Waals surface area contributed by atoms with E-state index in [1.165, 1.54) is 0 Å². The Morgan fingerprint density at radius 1 is 1.14 bits per heavy atom. The van der Waals surface area contributed by atoms with Crippen LogP contribution in [-0.4, -0.2) is 18.8 Å². The number of aliphatic hydroxyl groups is 1. The van der Waals surface area contributed by atoms with Gasteiger partial charge in [0, 0.05) is 11.1 Å². The predicted octanol–water partition coefficient (Wildman–Crippen LogP) is 3.66. The highest BCUT2D eigenvalue weighted by Crippen LogP contribution is 2.38. The Morgan fingerprint density at radius 2 is 1.82 bits per heavy atom. The molecule has 2 atom stereocenters. The number of piperidine rings is 1. The largest absolute Gasteiger partial charge is 0.497 e. The average molecular weight is 318 g/mol. The van der Waals surface area contributed by atoms with Crippen LogP contribution in [0.15, 0.2) is 48.5 Å². The number of hydrogen-bond donors (Lipinski definition) is 2. The van der Waals surface area contributed by atoms with E-state index in [9.17, 15) is 5.11 Å². The Kier molecular flexibility index (Phi) is 4.39. The molecule has 4 heteroatoms. The fourth-order valence-corrected chi connectivity index (χ4v) is 3.19. The van der Waals surface area contributed by atoms with Crippen LogP contribution in [0.5, 0.6) is 5.75 Å². The summed E-state index contributed by atoms with van der Waals surface area (Å²) in [6.45, 7) is 0.774. The zero-order chi connectivity index (χ0) is 15.6. The highest BCUT2D eigenvalue weighted by atomic mass is 35.5. The molecule has 2 N–H and O–H groups in total. The van der Waals surface area contributed by atoms with Crippen molar-refractivity contribution >= 4 is 11.6 Å². The summed E-state index contributed by atoms with van der Waals surface area (Å²) in [6, 6.07) is 15.6. The van der Waals surface area contributed by atoms with Crippen LogP contribution in [0.4, 0.5) is 0 Å². The van der Waals surface area contributed by atoms with E-state index in [1.54, 1.807) is 7.11 Å². The van der Waals surface area contributed by atoms with Gasteiger partial charge in [0.1, 0.15) is 5.75 Å². The SMILES string of the molecule is COc1ccc(C2CC(O)(c3ccc(Cl)cc3)CCN2)cc1. The number of halogens is 1. The first kappa shape index (κ1) is 15.3. The number of ether oxygens (including phenoxy) is 1. The molecule has 0 aliphatic carbocycles. The molecule has 2 aromatic rings. The number of benzene rings is 2. The second-order valence-corrected chi connectivity index (χ2v) is 6.21. The molecule has 1 fully saturated rings. The zero-order valence-electron chi connectivity index (χ0n) is 12.6. The molecule has 1 aliphatic rings. The van der Waals surface area contributed by atoms with Crippen molar-refractivity contribution in [1.82, 2.24) is 5.32 Å². The molecule has 2 unspecified atom stereocenters. The standard InChI is InChI=1S/C18H20ClNO2/c1-22-16-8-2-13(3-9-16)17-12-18(21,10-11-20-17)14-4-6-15(19)7-5-14/h2-9,17,20-21H,10-12H2,1H3. The quantitative estimate of drug-likeness (QED) is 0.907. The van der Waals surface area contributed by atoms with E-state index in [4.69, 9.17) is 16.3 Å². The van der Waals surface area contributed by atoms with E-state index in [0.717, 1.165) is 23.4 Å². The van der Waals surface area contributed by atoms with Crippen LogP contribution in [0.2, 0.25) is 5.02 Å². The summed E-state index contributed by atoms with van der Waals surface area (Å²) >= 11 is 5.94. The van der Waals surface area contributed by atoms with E-state index < -0.39 is 5.60 Å². The Balaban J connectivity index is 1.82. The third-order valence-electron chi connectivity index (χ3n) is 4.37. The van der Waals surface area contributed by atoms with Crippen LogP contribution in [0.3, 0.4) is 0 Å². The van der Waals surface area contributed by atoms with Crippen LogP contribution in [0.1, 0.15) is 30.0 Å². The minimum Gasteiger partial charge on any atom is -0.497 e. The van der Waals surface area contributed by atoms with Gasteiger partial charge >= 0.3 is 0 Å². The molecule has 3 rings (SSSR count). The Labute approximate surface area is 135 Å². The van der Waals surface area contributed by atoms with Crippen LogP contribution in [0.25, 0.3) is 0 Å². The second kappa shape index (κ2) is 6.29. The van der Waals surface area contributed by atoms with Crippen LogP contribution in [-0.2, 0) is 5.60 Å². The number of nitrogens with one attached hydrogen (secondary N) is 1. The predicted molar refractivity (Wildman–Crippen MR) is 88.3 cm³/mol. The summed E-state index contributed by atoms with van der Waals surface area (Å²) in [6.07, 6.45) is 1.34. The third kappa shape index (κ3) is 3.12. The van der Waals surface area contributed by atoms with Gasteiger partial charge in [-0.05, 0) is 54.8 Å². The van der Waals surface area contributed by atoms with Crippen molar-refractivity contribution in [3.63, 3.8) is 0 Å². The van der Waals surface area contributed by atoms with Crippen molar-refractivity contribution in [2.45, 2.75) is 24.5 Å². The summed E-state index contributed by atoms with van der Waals surface area (Å²) in [4.78, 5) is 0. The Hall–Kier alpha value is -1.55. The van der Waals surface area contributed by atoms with Crippen LogP contribution >= 0.6 is 11.6 Å². The fourth-order valence-electron chi connectivity index (χ4n) is 3.06. The van der Waals surface area contributed by atoms with Gasteiger partial charge in [-0.1, -0.05) is 35.9 Å². The van der Waals surface area contributed by atoms with Gasteiger partial charge in [0.25, 0.3) is 0 Å². The van der Waals surface area contributed by atoms with Crippen molar-refractivity contribution in [3.05, 3.63) is 64.7 Å². The van der Waals surface area contributed by atoms with E-state index in [-0.39, 0.29) is 6.04 Å². The van der Waals surface area contributed by atoms with E-state index in [1.807, 2.05) is 48.5 Å². The summed E-state index contributed by atoms with van der Waals surface area (Å²) in [5, 5.41) is 15.2. The molecule has 0 bridgehead atoms. The monoisotopic (exact) mass is 317 g/mol. The first-order valence-corrected chi connectivity index (χ1v) is 7.84. The fraction of sp³-hybridized carbons (Fsp3) is 0.333. The number of hydrogen-bond acceptors (Lipinski definition) is 3. The lowest BCUT2D eigenvalue weighted by atomic mass is 9.80. The van der Waals surface area contributed by atoms with Gasteiger partial charge in [0.15, 0.2) is 0 Å². The highest BCUT2D eigenvalue weighted by molar-refractivity contribution is 6.30. The molecule has 1 aliphatic heterocycles. The number of rotatable bonds is 3. The van der Waals surface area contributed by atoms with Crippen molar-refractivity contribution in [2.24, 2.45) is 0 Å². The van der Waals surface area contributed by atoms with Gasteiger partial charge in [0.2, 0.25) is 0 Å². The van der Waals surface area contributed by atoms with Crippen LogP contribution < -0.4 is 10.1 Å². The van der Waals surface area contributed by atoms with E-state index in [0.29, 0.717) is 17.9 Å². The Bertz CT molecular complexity index is 627. The summed E-state index contributed by atoms with van der Waals surface area (Å²) < 4.78 is 5.20. The first-order chi connectivity index (χ1) is 10.6.